The first kappa shape index (κ1) is 16.3. The molecule has 1 aromatic rings. The van der Waals surface area contributed by atoms with Crippen LogP contribution in [0.25, 0.3) is 0 Å². The molecule has 118 valence electrons. The number of nitrogens with zero attached hydrogens (tertiary/aromatic N) is 2. The number of ether oxygens (including phenoxy) is 1. The Hall–Kier alpha value is -2.04. The van der Waals surface area contributed by atoms with Crippen molar-refractivity contribution in [1.29, 1.82) is 5.26 Å². The highest BCUT2D eigenvalue weighted by atomic mass is 19.1. The number of halogens is 2. The predicted octanol–water partition coefficient (Wildman–Crippen LogP) is 1.37. The number of likely N-dealkylation sites (N-methyl/N-ethyl adjacent to an activating group) is 1. The van der Waals surface area contributed by atoms with Gasteiger partial charge in [0.05, 0.1) is 12.7 Å². The second kappa shape index (κ2) is 7.29. The van der Waals surface area contributed by atoms with E-state index < -0.39 is 29.7 Å². The zero-order valence-corrected chi connectivity index (χ0v) is 12.2. The Labute approximate surface area is 127 Å². The second-order valence-corrected chi connectivity index (χ2v) is 4.99. The smallest absolute Gasteiger partial charge is 0.251 e. The fourth-order valence-electron chi connectivity index (χ4n) is 2.30. The molecule has 1 aliphatic heterocycles. The molecule has 0 bridgehead atoms. The quantitative estimate of drug-likeness (QED) is 0.912. The van der Waals surface area contributed by atoms with Gasteiger partial charge >= 0.3 is 0 Å². The molecule has 1 aromatic carbocycles. The number of carbonyl (C=O) groups excluding carboxylic acids is 1. The van der Waals surface area contributed by atoms with Crippen molar-refractivity contribution < 1.29 is 18.3 Å². The molecule has 0 saturated carbocycles. The third-order valence-electron chi connectivity index (χ3n) is 3.58. The maximum Gasteiger partial charge on any atom is 0.251 e. The zero-order chi connectivity index (χ0) is 16.1. The fourth-order valence-corrected chi connectivity index (χ4v) is 2.30. The van der Waals surface area contributed by atoms with E-state index in [2.05, 4.69) is 5.32 Å². The van der Waals surface area contributed by atoms with Crippen LogP contribution in [0.15, 0.2) is 18.2 Å². The molecule has 1 fully saturated rings. The maximum absolute atomic E-state index is 13.7. The van der Waals surface area contributed by atoms with E-state index in [0.29, 0.717) is 19.2 Å². The van der Waals surface area contributed by atoms with Crippen LogP contribution >= 0.6 is 0 Å². The average Bonchev–Trinajstić information content (AvgIpc) is 2.53. The van der Waals surface area contributed by atoms with Gasteiger partial charge in [0.2, 0.25) is 0 Å². The summed E-state index contributed by atoms with van der Waals surface area (Å²) in [6.45, 7) is 4.36. The minimum Gasteiger partial charge on any atom is -0.366 e. The molecule has 7 heteroatoms. The van der Waals surface area contributed by atoms with Crippen molar-refractivity contribution in [3.05, 3.63) is 35.4 Å². The molecule has 22 heavy (non-hydrogen) atoms. The van der Waals surface area contributed by atoms with Crippen LogP contribution in [0.4, 0.5) is 8.78 Å². The van der Waals surface area contributed by atoms with E-state index in [1.54, 1.807) is 0 Å². The molecule has 0 aliphatic carbocycles. The van der Waals surface area contributed by atoms with E-state index in [-0.39, 0.29) is 5.56 Å². The van der Waals surface area contributed by atoms with Crippen LogP contribution in [0, 0.1) is 23.0 Å². The number of hydrogen-bond donors (Lipinski definition) is 1. The minimum atomic E-state index is -1.19. The monoisotopic (exact) mass is 309 g/mol. The normalized spacial score (nSPS) is 20.2. The SMILES string of the molecule is CCN1CCO[C@H](C(=O)N[C@H](C#N)c2ccc(F)cc2F)C1. The second-order valence-electron chi connectivity index (χ2n) is 4.99. The summed E-state index contributed by atoms with van der Waals surface area (Å²) in [5, 5.41) is 11.6. The van der Waals surface area contributed by atoms with E-state index >= 15 is 0 Å². The summed E-state index contributed by atoms with van der Waals surface area (Å²) in [5.41, 5.74) is -0.0691. The van der Waals surface area contributed by atoms with Crippen LogP contribution in [-0.2, 0) is 9.53 Å². The molecule has 0 radical (unpaired) electrons. The van der Waals surface area contributed by atoms with Gasteiger partial charge in [-0.2, -0.15) is 5.26 Å². The summed E-state index contributed by atoms with van der Waals surface area (Å²) in [6, 6.07) is 3.50. The predicted molar refractivity (Wildman–Crippen MR) is 74.7 cm³/mol. The first-order valence-corrected chi connectivity index (χ1v) is 7.04. The Morgan fingerprint density at radius 1 is 1.59 bits per heavy atom. The molecule has 0 aromatic heterocycles. The zero-order valence-electron chi connectivity index (χ0n) is 12.2. The first-order chi connectivity index (χ1) is 10.5. The Morgan fingerprint density at radius 3 is 3.00 bits per heavy atom. The summed E-state index contributed by atoms with van der Waals surface area (Å²) >= 11 is 0. The number of hydrogen-bond acceptors (Lipinski definition) is 4. The van der Waals surface area contributed by atoms with Crippen molar-refractivity contribution in [2.24, 2.45) is 0 Å². The van der Waals surface area contributed by atoms with E-state index in [9.17, 15) is 13.6 Å². The van der Waals surface area contributed by atoms with Crippen LogP contribution < -0.4 is 5.32 Å². The topological polar surface area (TPSA) is 65.4 Å². The number of carbonyl (C=O) groups is 1. The third kappa shape index (κ3) is 3.78. The van der Waals surface area contributed by atoms with Gasteiger partial charge in [-0.15, -0.1) is 0 Å². The number of nitrogens with one attached hydrogen (secondary N) is 1. The van der Waals surface area contributed by atoms with Crippen molar-refractivity contribution in [1.82, 2.24) is 10.2 Å². The number of benzene rings is 1. The lowest BCUT2D eigenvalue weighted by molar-refractivity contribution is -0.138. The van der Waals surface area contributed by atoms with Gasteiger partial charge in [-0.05, 0) is 12.6 Å². The molecule has 1 aliphatic rings. The summed E-state index contributed by atoms with van der Waals surface area (Å²) in [7, 11) is 0. The molecule has 1 amide bonds. The Bertz CT molecular complexity index is 589. The van der Waals surface area contributed by atoms with Crippen LogP contribution in [0.3, 0.4) is 0 Å². The standard InChI is InChI=1S/C15H17F2N3O2/c1-2-20-5-6-22-14(9-20)15(21)19-13(8-18)11-4-3-10(16)7-12(11)17/h3-4,7,13-14H,2,5-6,9H2,1H3,(H,19,21)/t13-,14+/m1/s1. The molecule has 1 N–H and O–H groups in total. The van der Waals surface area contributed by atoms with Gasteiger partial charge in [-0.1, -0.05) is 13.0 Å². The van der Waals surface area contributed by atoms with Crippen molar-refractivity contribution in [3.8, 4) is 6.07 Å². The summed E-state index contributed by atoms with van der Waals surface area (Å²) in [4.78, 5) is 14.2. The fraction of sp³-hybridized carbons (Fsp3) is 0.467. The number of morpholine rings is 1. The first-order valence-electron chi connectivity index (χ1n) is 7.04. The lowest BCUT2D eigenvalue weighted by Gasteiger charge is -2.31. The molecule has 0 spiro atoms. The molecule has 1 heterocycles. The maximum atomic E-state index is 13.7. The van der Waals surface area contributed by atoms with Crippen LogP contribution in [0.2, 0.25) is 0 Å². The van der Waals surface area contributed by atoms with E-state index in [4.69, 9.17) is 10.00 Å². The lowest BCUT2D eigenvalue weighted by atomic mass is 10.1. The number of nitriles is 1. The van der Waals surface area contributed by atoms with E-state index in [1.165, 1.54) is 0 Å². The molecule has 0 unspecified atom stereocenters. The molecule has 2 atom stereocenters. The van der Waals surface area contributed by atoms with Crippen LogP contribution in [0.5, 0.6) is 0 Å². The molecule has 2 rings (SSSR count). The highest BCUT2D eigenvalue weighted by Crippen LogP contribution is 2.18. The highest BCUT2D eigenvalue weighted by Gasteiger charge is 2.28. The van der Waals surface area contributed by atoms with Crippen LogP contribution in [0.1, 0.15) is 18.5 Å². The average molecular weight is 309 g/mol. The van der Waals surface area contributed by atoms with Crippen molar-refractivity contribution in [2.75, 3.05) is 26.2 Å². The van der Waals surface area contributed by atoms with E-state index in [0.717, 1.165) is 25.2 Å². The minimum absolute atomic E-state index is 0.0691. The van der Waals surface area contributed by atoms with Crippen molar-refractivity contribution in [2.45, 2.75) is 19.1 Å². The lowest BCUT2D eigenvalue weighted by Crippen LogP contribution is -2.50. The van der Waals surface area contributed by atoms with E-state index in [1.807, 2.05) is 17.9 Å². The van der Waals surface area contributed by atoms with Gasteiger partial charge in [0.1, 0.15) is 23.8 Å². The van der Waals surface area contributed by atoms with Gasteiger partial charge in [-0.3, -0.25) is 9.69 Å². The highest BCUT2D eigenvalue weighted by molar-refractivity contribution is 5.82. The van der Waals surface area contributed by atoms with Gasteiger partial charge in [-0.25, -0.2) is 8.78 Å². The number of rotatable bonds is 4. The summed E-state index contributed by atoms with van der Waals surface area (Å²) in [5.74, 6) is -2.08. The Kier molecular flexibility index (Phi) is 5.41. The summed E-state index contributed by atoms with van der Waals surface area (Å²) < 4.78 is 32.0. The molecule has 1 saturated heterocycles. The van der Waals surface area contributed by atoms with Crippen molar-refractivity contribution >= 4 is 5.91 Å². The molecular formula is C15H17F2N3O2. The van der Waals surface area contributed by atoms with Gasteiger partial charge in [0.15, 0.2) is 0 Å². The largest absolute Gasteiger partial charge is 0.366 e. The molecule has 5 nitrogen and oxygen atoms in total. The van der Waals surface area contributed by atoms with Gasteiger partial charge < -0.3 is 10.1 Å². The van der Waals surface area contributed by atoms with Gasteiger partial charge in [0.25, 0.3) is 5.91 Å². The van der Waals surface area contributed by atoms with Crippen molar-refractivity contribution in [3.63, 3.8) is 0 Å². The number of amides is 1. The van der Waals surface area contributed by atoms with Crippen LogP contribution in [-0.4, -0.2) is 43.2 Å². The summed E-state index contributed by atoms with van der Waals surface area (Å²) in [6.07, 6.45) is -0.701. The Balaban J connectivity index is 2.06. The molecular weight excluding hydrogens is 292 g/mol. The Morgan fingerprint density at radius 2 is 2.36 bits per heavy atom. The third-order valence-corrected chi connectivity index (χ3v) is 3.58. The van der Waals surface area contributed by atoms with Gasteiger partial charge in [0, 0.05) is 24.7 Å².